The van der Waals surface area contributed by atoms with Crippen molar-refractivity contribution < 1.29 is 0 Å². The Morgan fingerprint density at radius 3 is 1.92 bits per heavy atom. The van der Waals surface area contributed by atoms with Crippen LogP contribution in [0.4, 0.5) is 17.1 Å². The summed E-state index contributed by atoms with van der Waals surface area (Å²) in [5, 5.41) is 0. The van der Waals surface area contributed by atoms with Crippen molar-refractivity contribution in [2.24, 2.45) is 0 Å². The molecule has 0 aromatic heterocycles. The quantitative estimate of drug-likeness (QED) is 0.400. The summed E-state index contributed by atoms with van der Waals surface area (Å²) < 4.78 is 0. The average Bonchev–Trinajstić information content (AvgIpc) is 2.67. The van der Waals surface area contributed by atoms with Gasteiger partial charge in [0.2, 0.25) is 0 Å². The monoisotopic (exact) mass is 325 g/mol. The number of anilines is 3. The number of hydrogen-bond donors (Lipinski definition) is 0. The average molecular weight is 325 g/mol. The van der Waals surface area contributed by atoms with Crippen molar-refractivity contribution in [3.63, 3.8) is 0 Å². The molecule has 5 rings (SSSR count). The zero-order valence-corrected chi connectivity index (χ0v) is 14.8. The molecule has 0 saturated carbocycles. The first-order valence-corrected chi connectivity index (χ1v) is 9.40. The molecule has 1 nitrogen and oxygen atoms in total. The Balaban J connectivity index is 1.78. The van der Waals surface area contributed by atoms with Crippen LogP contribution in [0.5, 0.6) is 0 Å². The summed E-state index contributed by atoms with van der Waals surface area (Å²) in [4.78, 5) is 2.51. The van der Waals surface area contributed by atoms with E-state index >= 15 is 0 Å². The SMILES string of the molecule is Cc1ccc(N2c3ccccc3Cc3ccccc32)c2c1CCCC2. The number of nitrogens with zero attached hydrogens (tertiary/aromatic N) is 1. The van der Waals surface area contributed by atoms with Crippen LogP contribution in [0.25, 0.3) is 0 Å². The first-order valence-electron chi connectivity index (χ1n) is 9.40. The first-order chi connectivity index (χ1) is 12.3. The lowest BCUT2D eigenvalue weighted by molar-refractivity contribution is 0.682. The summed E-state index contributed by atoms with van der Waals surface area (Å²) in [5.74, 6) is 0. The van der Waals surface area contributed by atoms with Gasteiger partial charge in [0.15, 0.2) is 0 Å². The van der Waals surface area contributed by atoms with Gasteiger partial charge < -0.3 is 4.90 Å². The van der Waals surface area contributed by atoms with Crippen LogP contribution in [0.3, 0.4) is 0 Å². The van der Waals surface area contributed by atoms with E-state index in [1.54, 1.807) is 11.1 Å². The Morgan fingerprint density at radius 1 is 0.640 bits per heavy atom. The van der Waals surface area contributed by atoms with Crippen molar-refractivity contribution in [1.29, 1.82) is 0 Å². The molecule has 2 aliphatic rings. The van der Waals surface area contributed by atoms with Gasteiger partial charge in [-0.25, -0.2) is 0 Å². The summed E-state index contributed by atoms with van der Waals surface area (Å²) >= 11 is 0. The Hall–Kier alpha value is -2.54. The van der Waals surface area contributed by atoms with Gasteiger partial charge in [0.05, 0.1) is 0 Å². The van der Waals surface area contributed by atoms with Crippen LogP contribution in [0.15, 0.2) is 60.7 Å². The summed E-state index contributed by atoms with van der Waals surface area (Å²) in [6, 6.07) is 22.4. The lowest BCUT2D eigenvalue weighted by Crippen LogP contribution is -2.21. The van der Waals surface area contributed by atoms with Crippen molar-refractivity contribution in [2.45, 2.75) is 39.0 Å². The van der Waals surface area contributed by atoms with E-state index in [0.717, 1.165) is 6.42 Å². The summed E-state index contributed by atoms with van der Waals surface area (Å²) in [6.07, 6.45) is 6.08. The van der Waals surface area contributed by atoms with Gasteiger partial charge in [-0.15, -0.1) is 0 Å². The third-order valence-corrected chi connectivity index (χ3v) is 5.83. The number of para-hydroxylation sites is 2. The number of hydrogen-bond acceptors (Lipinski definition) is 1. The Kier molecular flexibility index (Phi) is 3.41. The molecule has 3 aromatic rings. The van der Waals surface area contributed by atoms with Gasteiger partial charge in [0.25, 0.3) is 0 Å². The third kappa shape index (κ3) is 2.30. The standard InChI is InChI=1S/C24H23N/c1-17-14-15-24(21-11-5-4-10-20(17)21)25-22-12-6-2-8-18(22)16-19-9-3-7-13-23(19)25/h2-3,6-9,12-15H,4-5,10-11,16H2,1H3. The Bertz CT molecular complexity index is 909. The minimum atomic E-state index is 1.02. The zero-order chi connectivity index (χ0) is 16.8. The maximum absolute atomic E-state index is 2.51. The highest BCUT2D eigenvalue weighted by molar-refractivity contribution is 5.85. The minimum Gasteiger partial charge on any atom is -0.310 e. The molecule has 1 aliphatic carbocycles. The topological polar surface area (TPSA) is 3.24 Å². The molecular formula is C24H23N. The largest absolute Gasteiger partial charge is 0.310 e. The smallest absolute Gasteiger partial charge is 0.0497 e. The van der Waals surface area contributed by atoms with Crippen LogP contribution in [0.1, 0.15) is 40.7 Å². The predicted molar refractivity (Wildman–Crippen MR) is 105 cm³/mol. The molecule has 1 heterocycles. The van der Waals surface area contributed by atoms with E-state index in [0.29, 0.717) is 0 Å². The van der Waals surface area contributed by atoms with Gasteiger partial charge >= 0.3 is 0 Å². The number of rotatable bonds is 1. The molecule has 1 aliphatic heterocycles. The molecular weight excluding hydrogens is 302 g/mol. The number of aryl methyl sites for hydroxylation is 1. The highest BCUT2D eigenvalue weighted by Crippen LogP contribution is 2.46. The Morgan fingerprint density at radius 2 is 1.24 bits per heavy atom. The van der Waals surface area contributed by atoms with E-state index in [9.17, 15) is 0 Å². The van der Waals surface area contributed by atoms with Crippen LogP contribution in [0, 0.1) is 6.92 Å². The van der Waals surface area contributed by atoms with E-state index in [1.165, 1.54) is 59.4 Å². The molecule has 0 spiro atoms. The molecule has 0 fully saturated rings. The van der Waals surface area contributed by atoms with Crippen LogP contribution in [-0.2, 0) is 19.3 Å². The molecule has 0 unspecified atom stereocenters. The molecule has 1 heteroatoms. The van der Waals surface area contributed by atoms with Crippen molar-refractivity contribution in [2.75, 3.05) is 4.90 Å². The second-order valence-corrected chi connectivity index (χ2v) is 7.34. The third-order valence-electron chi connectivity index (χ3n) is 5.83. The van der Waals surface area contributed by atoms with Gasteiger partial charge in [0.1, 0.15) is 0 Å². The molecule has 124 valence electrons. The molecule has 0 saturated heterocycles. The normalized spacial score (nSPS) is 15.3. The lowest BCUT2D eigenvalue weighted by atomic mass is 9.86. The first kappa shape index (κ1) is 14.8. The fourth-order valence-electron chi connectivity index (χ4n) is 4.59. The van der Waals surface area contributed by atoms with Gasteiger partial charge in [-0.05, 0) is 78.6 Å². The van der Waals surface area contributed by atoms with E-state index in [1.807, 2.05) is 0 Å². The fourth-order valence-corrected chi connectivity index (χ4v) is 4.59. The van der Waals surface area contributed by atoms with Crippen LogP contribution in [-0.4, -0.2) is 0 Å². The summed E-state index contributed by atoms with van der Waals surface area (Å²) in [5.41, 5.74) is 11.5. The molecule has 0 amide bonds. The van der Waals surface area contributed by atoms with E-state index in [-0.39, 0.29) is 0 Å². The fraction of sp³-hybridized carbons (Fsp3) is 0.250. The van der Waals surface area contributed by atoms with Gasteiger partial charge in [-0.2, -0.15) is 0 Å². The van der Waals surface area contributed by atoms with Crippen molar-refractivity contribution in [3.05, 3.63) is 88.5 Å². The minimum absolute atomic E-state index is 1.02. The molecule has 0 radical (unpaired) electrons. The molecule has 0 bridgehead atoms. The second kappa shape index (κ2) is 5.77. The molecule has 0 atom stereocenters. The van der Waals surface area contributed by atoms with E-state index in [4.69, 9.17) is 0 Å². The van der Waals surface area contributed by atoms with Crippen LogP contribution < -0.4 is 4.90 Å². The van der Waals surface area contributed by atoms with E-state index < -0.39 is 0 Å². The van der Waals surface area contributed by atoms with Gasteiger partial charge in [-0.1, -0.05) is 42.5 Å². The molecule has 25 heavy (non-hydrogen) atoms. The highest BCUT2D eigenvalue weighted by Gasteiger charge is 2.27. The summed E-state index contributed by atoms with van der Waals surface area (Å²) in [6.45, 7) is 2.27. The Labute approximate surface area is 149 Å². The second-order valence-electron chi connectivity index (χ2n) is 7.34. The van der Waals surface area contributed by atoms with Crippen molar-refractivity contribution in [3.8, 4) is 0 Å². The highest BCUT2D eigenvalue weighted by atomic mass is 15.2. The number of fused-ring (bicyclic) bond motifs is 3. The van der Waals surface area contributed by atoms with Crippen LogP contribution >= 0.6 is 0 Å². The van der Waals surface area contributed by atoms with Gasteiger partial charge in [0, 0.05) is 23.5 Å². The van der Waals surface area contributed by atoms with Crippen LogP contribution in [0.2, 0.25) is 0 Å². The predicted octanol–water partition coefficient (Wildman–Crippen LogP) is 6.25. The van der Waals surface area contributed by atoms with Crippen molar-refractivity contribution >= 4 is 17.1 Å². The van der Waals surface area contributed by atoms with E-state index in [2.05, 4.69) is 72.5 Å². The van der Waals surface area contributed by atoms with Gasteiger partial charge in [-0.3, -0.25) is 0 Å². The molecule has 0 N–H and O–H groups in total. The zero-order valence-electron chi connectivity index (χ0n) is 14.8. The lowest BCUT2D eigenvalue weighted by Gasteiger charge is -2.36. The summed E-state index contributed by atoms with van der Waals surface area (Å²) in [7, 11) is 0. The van der Waals surface area contributed by atoms with Crippen molar-refractivity contribution in [1.82, 2.24) is 0 Å². The maximum atomic E-state index is 2.51. The number of benzene rings is 3. The molecule has 3 aromatic carbocycles. The maximum Gasteiger partial charge on any atom is 0.0497 e.